The molecule has 1 aromatic carbocycles. The molecule has 0 spiro atoms. The van der Waals surface area contributed by atoms with Gasteiger partial charge in [0.15, 0.2) is 0 Å². The van der Waals surface area contributed by atoms with Gasteiger partial charge in [0.05, 0.1) is 9.85 Å². The second kappa shape index (κ2) is 5.76. The fraction of sp³-hybridized carbons (Fsp3) is 0.333. The molecule has 86 valence electrons. The van der Waals surface area contributed by atoms with E-state index in [9.17, 15) is 20.2 Å². The summed E-state index contributed by atoms with van der Waals surface area (Å²) < 4.78 is 0. The number of nitro groups is 2. The standard InChI is InChI=1S/C6H4N2O4.C3H7N/c9-7(10)5-1-2-6(4-3-5)8(11)12;1-2-4-3-1/h1-4H;4H,1-3H2. The number of nitrogens with zero attached hydrogens (tertiary/aromatic N) is 2. The van der Waals surface area contributed by atoms with Crippen molar-refractivity contribution in [2.75, 3.05) is 13.1 Å². The first-order chi connectivity index (χ1) is 7.61. The summed E-state index contributed by atoms with van der Waals surface area (Å²) in [5.41, 5.74) is -0.304. The van der Waals surface area contributed by atoms with E-state index in [1.165, 1.54) is 19.5 Å². The molecule has 7 nitrogen and oxygen atoms in total. The molecule has 1 aromatic rings. The Bertz CT molecular complexity index is 336. The van der Waals surface area contributed by atoms with Crippen molar-refractivity contribution in [3.63, 3.8) is 0 Å². The summed E-state index contributed by atoms with van der Waals surface area (Å²) >= 11 is 0. The highest BCUT2D eigenvalue weighted by atomic mass is 16.6. The van der Waals surface area contributed by atoms with Crippen LogP contribution in [0.25, 0.3) is 0 Å². The fourth-order valence-electron chi connectivity index (χ4n) is 0.873. The van der Waals surface area contributed by atoms with Crippen molar-refractivity contribution >= 4 is 11.4 Å². The maximum Gasteiger partial charge on any atom is 0.269 e. The van der Waals surface area contributed by atoms with Crippen molar-refractivity contribution in [2.45, 2.75) is 6.42 Å². The molecule has 16 heavy (non-hydrogen) atoms. The summed E-state index contributed by atoms with van der Waals surface area (Å²) in [5, 5.41) is 23.3. The average molecular weight is 225 g/mol. The minimum absolute atomic E-state index is 0.152. The summed E-state index contributed by atoms with van der Waals surface area (Å²) in [6.45, 7) is 2.50. The number of hydrogen-bond donors (Lipinski definition) is 1. The van der Waals surface area contributed by atoms with Crippen LogP contribution in [-0.4, -0.2) is 22.9 Å². The average Bonchev–Trinajstić information content (AvgIpc) is 2.15. The van der Waals surface area contributed by atoms with Crippen molar-refractivity contribution in [1.29, 1.82) is 0 Å². The molecule has 1 saturated heterocycles. The number of hydrogen-bond acceptors (Lipinski definition) is 5. The molecule has 7 heteroatoms. The lowest BCUT2D eigenvalue weighted by Crippen LogP contribution is -2.29. The highest BCUT2D eigenvalue weighted by molar-refractivity contribution is 5.39. The quantitative estimate of drug-likeness (QED) is 0.607. The van der Waals surface area contributed by atoms with Gasteiger partial charge in [-0.1, -0.05) is 0 Å². The SMILES string of the molecule is C1CNC1.O=[N+]([O-])c1ccc([N+](=O)[O-])cc1. The van der Waals surface area contributed by atoms with Gasteiger partial charge in [0.25, 0.3) is 11.4 Å². The maximum atomic E-state index is 10.1. The summed E-state index contributed by atoms with van der Waals surface area (Å²) in [5.74, 6) is 0. The number of non-ortho nitro benzene ring substituents is 2. The molecule has 1 fully saturated rings. The number of nitro benzene ring substituents is 2. The van der Waals surface area contributed by atoms with Crippen molar-refractivity contribution < 1.29 is 9.85 Å². The van der Waals surface area contributed by atoms with Crippen LogP contribution in [0.1, 0.15) is 6.42 Å². The van der Waals surface area contributed by atoms with Crippen molar-refractivity contribution in [2.24, 2.45) is 0 Å². The van der Waals surface area contributed by atoms with E-state index in [4.69, 9.17) is 0 Å². The van der Waals surface area contributed by atoms with Crippen molar-refractivity contribution in [3.05, 3.63) is 44.5 Å². The molecule has 0 unspecified atom stereocenters. The summed E-state index contributed by atoms with van der Waals surface area (Å²) in [7, 11) is 0. The number of rotatable bonds is 2. The second-order valence-corrected chi connectivity index (χ2v) is 3.13. The normalized spacial score (nSPS) is 13.0. The third-order valence-corrected chi connectivity index (χ3v) is 1.98. The lowest BCUT2D eigenvalue weighted by atomic mass is 10.3. The summed E-state index contributed by atoms with van der Waals surface area (Å²) in [6.07, 6.45) is 1.39. The van der Waals surface area contributed by atoms with Gasteiger partial charge < -0.3 is 5.32 Å². The van der Waals surface area contributed by atoms with E-state index in [0.29, 0.717) is 0 Å². The molecule has 1 N–H and O–H groups in total. The largest absolute Gasteiger partial charge is 0.317 e. The van der Waals surface area contributed by atoms with E-state index < -0.39 is 9.85 Å². The minimum atomic E-state index is -0.607. The first kappa shape index (κ1) is 12.1. The Morgan fingerprint density at radius 1 is 0.938 bits per heavy atom. The van der Waals surface area contributed by atoms with Crippen molar-refractivity contribution in [3.8, 4) is 0 Å². The van der Waals surface area contributed by atoms with Crippen LogP contribution >= 0.6 is 0 Å². The van der Waals surface area contributed by atoms with Gasteiger partial charge in [-0.05, 0) is 19.5 Å². The van der Waals surface area contributed by atoms with Gasteiger partial charge in [-0.2, -0.15) is 0 Å². The maximum absolute atomic E-state index is 10.1. The second-order valence-electron chi connectivity index (χ2n) is 3.13. The molecule has 0 amide bonds. The first-order valence-electron chi connectivity index (χ1n) is 4.71. The Morgan fingerprint density at radius 2 is 1.19 bits per heavy atom. The Morgan fingerprint density at radius 3 is 1.31 bits per heavy atom. The van der Waals surface area contributed by atoms with E-state index in [-0.39, 0.29) is 11.4 Å². The van der Waals surface area contributed by atoms with Crippen LogP contribution in [0.4, 0.5) is 11.4 Å². The zero-order valence-corrected chi connectivity index (χ0v) is 8.46. The van der Waals surface area contributed by atoms with E-state index >= 15 is 0 Å². The molecule has 0 bridgehead atoms. The van der Waals surface area contributed by atoms with Gasteiger partial charge in [0, 0.05) is 24.3 Å². The van der Waals surface area contributed by atoms with Crippen LogP contribution in [0.3, 0.4) is 0 Å². The van der Waals surface area contributed by atoms with Crippen molar-refractivity contribution in [1.82, 2.24) is 5.32 Å². The molecular formula is C9H11N3O4. The van der Waals surface area contributed by atoms with Crippen LogP contribution < -0.4 is 5.32 Å². The van der Waals surface area contributed by atoms with Crippen LogP contribution in [0.15, 0.2) is 24.3 Å². The Balaban J connectivity index is 0.000000267. The first-order valence-corrected chi connectivity index (χ1v) is 4.71. The zero-order chi connectivity index (χ0) is 12.0. The highest BCUT2D eigenvalue weighted by Crippen LogP contribution is 2.16. The fourth-order valence-corrected chi connectivity index (χ4v) is 0.873. The van der Waals surface area contributed by atoms with Crippen LogP contribution in [0.2, 0.25) is 0 Å². The lowest BCUT2D eigenvalue weighted by Gasteiger charge is -2.09. The van der Waals surface area contributed by atoms with Gasteiger partial charge in [0.1, 0.15) is 0 Å². The topological polar surface area (TPSA) is 98.3 Å². The summed E-state index contributed by atoms with van der Waals surface area (Å²) in [4.78, 5) is 19.0. The third kappa shape index (κ3) is 3.62. The molecule has 1 aliphatic rings. The number of benzene rings is 1. The van der Waals surface area contributed by atoms with Gasteiger partial charge in [-0.3, -0.25) is 20.2 Å². The van der Waals surface area contributed by atoms with Gasteiger partial charge in [-0.15, -0.1) is 0 Å². The Hall–Kier alpha value is -2.02. The van der Waals surface area contributed by atoms with Crippen LogP contribution in [0, 0.1) is 20.2 Å². The minimum Gasteiger partial charge on any atom is -0.317 e. The smallest absolute Gasteiger partial charge is 0.269 e. The molecule has 0 aromatic heterocycles. The predicted molar refractivity (Wildman–Crippen MR) is 57.2 cm³/mol. The third-order valence-electron chi connectivity index (χ3n) is 1.98. The molecule has 1 heterocycles. The molecular weight excluding hydrogens is 214 g/mol. The molecule has 0 radical (unpaired) electrons. The molecule has 0 atom stereocenters. The number of nitrogens with one attached hydrogen (secondary N) is 1. The van der Waals surface area contributed by atoms with Gasteiger partial charge >= 0.3 is 0 Å². The molecule has 1 aliphatic heterocycles. The lowest BCUT2D eigenvalue weighted by molar-refractivity contribution is -0.389. The Kier molecular flexibility index (Phi) is 4.34. The predicted octanol–water partition coefficient (Wildman–Crippen LogP) is 1.48. The van der Waals surface area contributed by atoms with Gasteiger partial charge in [-0.25, -0.2) is 0 Å². The van der Waals surface area contributed by atoms with Crippen LogP contribution in [-0.2, 0) is 0 Å². The van der Waals surface area contributed by atoms with E-state index in [0.717, 1.165) is 24.3 Å². The molecule has 0 aliphatic carbocycles. The highest BCUT2D eigenvalue weighted by Gasteiger charge is 2.08. The molecule has 0 saturated carbocycles. The van der Waals surface area contributed by atoms with Crippen LogP contribution in [0.5, 0.6) is 0 Å². The monoisotopic (exact) mass is 225 g/mol. The van der Waals surface area contributed by atoms with E-state index in [2.05, 4.69) is 5.32 Å². The van der Waals surface area contributed by atoms with E-state index in [1.54, 1.807) is 0 Å². The van der Waals surface area contributed by atoms with Gasteiger partial charge in [0.2, 0.25) is 0 Å². The molecule has 2 rings (SSSR count). The summed E-state index contributed by atoms with van der Waals surface area (Å²) in [6, 6.07) is 4.38. The zero-order valence-electron chi connectivity index (χ0n) is 8.46. The van der Waals surface area contributed by atoms with E-state index in [1.807, 2.05) is 0 Å². The Labute approximate surface area is 91.4 Å².